The van der Waals surface area contributed by atoms with Crippen molar-refractivity contribution in [2.45, 2.75) is 13.1 Å². The van der Waals surface area contributed by atoms with Crippen LogP contribution in [-0.4, -0.2) is 14.8 Å². The van der Waals surface area contributed by atoms with Crippen LogP contribution in [0.4, 0.5) is 10.1 Å². The average Bonchev–Trinajstić information content (AvgIpc) is 3.01. The van der Waals surface area contributed by atoms with Crippen molar-refractivity contribution in [2.75, 3.05) is 5.32 Å². The van der Waals surface area contributed by atoms with E-state index in [2.05, 4.69) is 15.4 Å². The van der Waals surface area contributed by atoms with Gasteiger partial charge in [-0.15, -0.1) is 0 Å². The lowest BCUT2D eigenvalue weighted by Crippen LogP contribution is -2.03. The van der Waals surface area contributed by atoms with Crippen LogP contribution < -0.4 is 5.32 Å². The predicted molar refractivity (Wildman–Crippen MR) is 79.3 cm³/mol. The van der Waals surface area contributed by atoms with E-state index in [1.807, 2.05) is 30.3 Å². The molecule has 0 spiro atoms. The Kier molecular flexibility index (Phi) is 3.91. The Morgan fingerprint density at radius 1 is 1.05 bits per heavy atom. The van der Waals surface area contributed by atoms with Crippen molar-refractivity contribution < 1.29 is 4.39 Å². The molecule has 5 heteroatoms. The summed E-state index contributed by atoms with van der Waals surface area (Å²) >= 11 is 0. The number of halogens is 1. The molecule has 0 amide bonds. The molecule has 0 aliphatic carbocycles. The molecule has 1 heterocycles. The Balaban J connectivity index is 1.61. The van der Waals surface area contributed by atoms with Gasteiger partial charge in [0.25, 0.3) is 0 Å². The predicted octanol–water partition coefficient (Wildman–Crippen LogP) is 3.08. The minimum absolute atomic E-state index is 0.187. The molecule has 2 aromatic carbocycles. The normalized spacial score (nSPS) is 10.5. The molecule has 1 aromatic heterocycles. The van der Waals surface area contributed by atoms with Gasteiger partial charge in [-0.3, -0.25) is 0 Å². The highest BCUT2D eigenvalue weighted by Gasteiger charge is 2.01. The average molecular weight is 282 g/mol. The van der Waals surface area contributed by atoms with Crippen LogP contribution in [0.25, 0.3) is 0 Å². The third-order valence-corrected chi connectivity index (χ3v) is 3.21. The van der Waals surface area contributed by atoms with Crippen molar-refractivity contribution in [3.63, 3.8) is 0 Å². The van der Waals surface area contributed by atoms with E-state index in [0.717, 1.165) is 11.3 Å². The van der Waals surface area contributed by atoms with Crippen LogP contribution in [0.5, 0.6) is 0 Å². The molecule has 21 heavy (non-hydrogen) atoms. The second-order valence-electron chi connectivity index (χ2n) is 4.73. The lowest BCUT2D eigenvalue weighted by molar-refractivity contribution is 0.613. The maximum absolute atomic E-state index is 13.5. The third-order valence-electron chi connectivity index (χ3n) is 3.21. The summed E-state index contributed by atoms with van der Waals surface area (Å²) in [6.07, 6.45) is 3.20. The largest absolute Gasteiger partial charge is 0.381 e. The van der Waals surface area contributed by atoms with Gasteiger partial charge in [0, 0.05) is 17.8 Å². The first-order valence-corrected chi connectivity index (χ1v) is 6.70. The Labute approximate surface area is 122 Å². The van der Waals surface area contributed by atoms with Crippen LogP contribution >= 0.6 is 0 Å². The highest BCUT2D eigenvalue weighted by atomic mass is 19.1. The van der Waals surface area contributed by atoms with E-state index in [9.17, 15) is 4.39 Å². The summed E-state index contributed by atoms with van der Waals surface area (Å²) in [5, 5.41) is 7.28. The molecule has 0 aliphatic heterocycles. The number of anilines is 1. The molecule has 0 fully saturated rings. The molecule has 0 bridgehead atoms. The van der Waals surface area contributed by atoms with Gasteiger partial charge in [0.1, 0.15) is 18.5 Å². The lowest BCUT2D eigenvalue weighted by atomic mass is 10.2. The second-order valence-corrected chi connectivity index (χ2v) is 4.73. The summed E-state index contributed by atoms with van der Waals surface area (Å²) < 4.78 is 15.3. The van der Waals surface area contributed by atoms with Crippen molar-refractivity contribution in [3.8, 4) is 0 Å². The molecule has 0 atom stereocenters. The zero-order valence-corrected chi connectivity index (χ0v) is 11.4. The van der Waals surface area contributed by atoms with Crippen molar-refractivity contribution in [3.05, 3.63) is 78.1 Å². The van der Waals surface area contributed by atoms with Gasteiger partial charge in [-0.05, 0) is 23.8 Å². The minimum atomic E-state index is -0.187. The van der Waals surface area contributed by atoms with Crippen LogP contribution in [0.2, 0.25) is 0 Å². The Hall–Kier alpha value is -2.69. The lowest BCUT2D eigenvalue weighted by Gasteiger charge is -2.08. The van der Waals surface area contributed by atoms with Gasteiger partial charge in [-0.2, -0.15) is 5.10 Å². The number of nitrogens with zero attached hydrogens (tertiary/aromatic N) is 3. The number of aromatic nitrogens is 3. The summed E-state index contributed by atoms with van der Waals surface area (Å²) in [5.41, 5.74) is 2.75. The number of nitrogens with one attached hydrogen (secondary N) is 1. The Morgan fingerprint density at radius 3 is 2.57 bits per heavy atom. The molecular weight excluding hydrogens is 267 g/mol. The fraction of sp³-hybridized carbons (Fsp3) is 0.125. The van der Waals surface area contributed by atoms with Crippen molar-refractivity contribution in [1.29, 1.82) is 0 Å². The molecule has 3 rings (SSSR count). The van der Waals surface area contributed by atoms with Gasteiger partial charge >= 0.3 is 0 Å². The van der Waals surface area contributed by atoms with E-state index >= 15 is 0 Å². The second kappa shape index (κ2) is 6.17. The minimum Gasteiger partial charge on any atom is -0.381 e. The summed E-state index contributed by atoms with van der Waals surface area (Å²) in [7, 11) is 0. The number of rotatable bonds is 5. The van der Waals surface area contributed by atoms with E-state index in [1.165, 1.54) is 12.4 Å². The number of benzene rings is 2. The standard InChI is InChI=1S/C16H15FN4/c17-16-4-2-1-3-14(16)9-19-15-7-5-13(6-8-15)10-21-12-18-11-20-21/h1-8,11-12,19H,9-10H2. The summed E-state index contributed by atoms with van der Waals surface area (Å²) in [6, 6.07) is 14.8. The van der Waals surface area contributed by atoms with Crippen LogP contribution in [0.15, 0.2) is 61.2 Å². The van der Waals surface area contributed by atoms with Gasteiger partial charge in [-0.1, -0.05) is 30.3 Å². The van der Waals surface area contributed by atoms with Crippen molar-refractivity contribution in [2.24, 2.45) is 0 Å². The summed E-state index contributed by atoms with van der Waals surface area (Å²) in [6.45, 7) is 1.16. The van der Waals surface area contributed by atoms with Crippen LogP contribution in [0.3, 0.4) is 0 Å². The molecular formula is C16H15FN4. The maximum atomic E-state index is 13.5. The molecule has 1 N–H and O–H groups in total. The maximum Gasteiger partial charge on any atom is 0.137 e. The highest BCUT2D eigenvalue weighted by molar-refractivity contribution is 5.45. The van der Waals surface area contributed by atoms with E-state index in [4.69, 9.17) is 0 Å². The zero-order valence-electron chi connectivity index (χ0n) is 11.4. The quantitative estimate of drug-likeness (QED) is 0.782. The fourth-order valence-corrected chi connectivity index (χ4v) is 2.07. The molecule has 0 saturated heterocycles. The number of hydrogen-bond donors (Lipinski definition) is 1. The number of hydrogen-bond acceptors (Lipinski definition) is 3. The SMILES string of the molecule is Fc1ccccc1CNc1ccc(Cn2cncn2)cc1. The van der Waals surface area contributed by atoms with E-state index in [-0.39, 0.29) is 5.82 Å². The van der Waals surface area contributed by atoms with Gasteiger partial charge in [-0.25, -0.2) is 14.1 Å². The first kappa shape index (κ1) is 13.3. The van der Waals surface area contributed by atoms with Crippen LogP contribution in [-0.2, 0) is 13.1 Å². The topological polar surface area (TPSA) is 42.7 Å². The fourth-order valence-electron chi connectivity index (χ4n) is 2.07. The summed E-state index contributed by atoms with van der Waals surface area (Å²) in [5.74, 6) is -0.187. The first-order valence-electron chi connectivity index (χ1n) is 6.70. The van der Waals surface area contributed by atoms with E-state index < -0.39 is 0 Å². The third kappa shape index (κ3) is 3.45. The highest BCUT2D eigenvalue weighted by Crippen LogP contribution is 2.13. The van der Waals surface area contributed by atoms with Gasteiger partial charge < -0.3 is 5.32 Å². The molecule has 106 valence electrons. The monoisotopic (exact) mass is 282 g/mol. The van der Waals surface area contributed by atoms with Crippen LogP contribution in [0.1, 0.15) is 11.1 Å². The molecule has 0 radical (unpaired) electrons. The zero-order chi connectivity index (χ0) is 14.5. The molecule has 0 saturated carbocycles. The Morgan fingerprint density at radius 2 is 1.86 bits per heavy atom. The summed E-state index contributed by atoms with van der Waals surface area (Å²) in [4.78, 5) is 3.91. The van der Waals surface area contributed by atoms with E-state index in [0.29, 0.717) is 18.7 Å². The smallest absolute Gasteiger partial charge is 0.137 e. The van der Waals surface area contributed by atoms with Gasteiger partial charge in [0.15, 0.2) is 0 Å². The van der Waals surface area contributed by atoms with E-state index in [1.54, 1.807) is 23.1 Å². The molecule has 0 aliphatic rings. The van der Waals surface area contributed by atoms with Crippen molar-refractivity contribution in [1.82, 2.24) is 14.8 Å². The first-order chi connectivity index (χ1) is 10.3. The van der Waals surface area contributed by atoms with Crippen LogP contribution in [0, 0.1) is 5.82 Å². The van der Waals surface area contributed by atoms with Gasteiger partial charge in [0.2, 0.25) is 0 Å². The molecule has 3 aromatic rings. The Bertz CT molecular complexity index is 693. The molecule has 0 unspecified atom stereocenters. The van der Waals surface area contributed by atoms with Crippen molar-refractivity contribution >= 4 is 5.69 Å². The van der Waals surface area contributed by atoms with Gasteiger partial charge in [0.05, 0.1) is 6.54 Å². The molecule has 4 nitrogen and oxygen atoms in total.